The van der Waals surface area contributed by atoms with Crippen molar-refractivity contribution in [2.75, 3.05) is 0 Å². The van der Waals surface area contributed by atoms with E-state index in [9.17, 15) is 14.0 Å². The highest BCUT2D eigenvalue weighted by Gasteiger charge is 2.24. The van der Waals surface area contributed by atoms with Crippen LogP contribution in [0.5, 0.6) is 0 Å². The number of hydrogen-bond acceptors (Lipinski definition) is 2. The average Bonchev–Trinajstić information content (AvgIpc) is 2.28. The van der Waals surface area contributed by atoms with E-state index >= 15 is 0 Å². The first-order chi connectivity index (χ1) is 8.32. The quantitative estimate of drug-likeness (QED) is 0.805. The van der Waals surface area contributed by atoms with Crippen LogP contribution in [0, 0.1) is 15.3 Å². The third-order valence-corrected chi connectivity index (χ3v) is 3.28. The van der Waals surface area contributed by atoms with Crippen LogP contribution < -0.4 is 5.32 Å². The standard InChI is InChI=1S/C12H13FINO3/c1-6(2)10(12(17)18)15-11(16)7-3-4-9(14)8(13)5-7/h3-6,10H,1-2H3,(H,15,16)(H,17,18)/t10-/m1/s1. The molecule has 0 aliphatic rings. The maximum Gasteiger partial charge on any atom is 0.326 e. The Morgan fingerprint density at radius 1 is 1.39 bits per heavy atom. The van der Waals surface area contributed by atoms with Gasteiger partial charge in [-0.2, -0.15) is 0 Å². The van der Waals surface area contributed by atoms with Gasteiger partial charge in [0.15, 0.2) is 0 Å². The van der Waals surface area contributed by atoms with Gasteiger partial charge in [-0.15, -0.1) is 0 Å². The van der Waals surface area contributed by atoms with Crippen LogP contribution in [0.25, 0.3) is 0 Å². The smallest absolute Gasteiger partial charge is 0.326 e. The topological polar surface area (TPSA) is 66.4 Å². The van der Waals surface area contributed by atoms with Gasteiger partial charge in [-0.1, -0.05) is 13.8 Å². The van der Waals surface area contributed by atoms with Crippen molar-refractivity contribution < 1.29 is 19.1 Å². The number of halogens is 2. The van der Waals surface area contributed by atoms with Crippen molar-refractivity contribution in [3.63, 3.8) is 0 Å². The molecule has 0 aromatic heterocycles. The summed E-state index contributed by atoms with van der Waals surface area (Å²) < 4.78 is 13.7. The number of benzene rings is 1. The molecule has 0 aliphatic carbocycles. The van der Waals surface area contributed by atoms with Crippen LogP contribution in [0.4, 0.5) is 4.39 Å². The highest BCUT2D eigenvalue weighted by Crippen LogP contribution is 2.13. The fraction of sp³-hybridized carbons (Fsp3) is 0.333. The molecule has 4 nitrogen and oxygen atoms in total. The first-order valence-electron chi connectivity index (χ1n) is 5.31. The van der Waals surface area contributed by atoms with Gasteiger partial charge in [0.05, 0.1) is 0 Å². The summed E-state index contributed by atoms with van der Waals surface area (Å²) in [5.74, 6) is -2.45. The van der Waals surface area contributed by atoms with E-state index in [1.807, 2.05) is 22.6 Å². The minimum atomic E-state index is -1.11. The van der Waals surface area contributed by atoms with Crippen molar-refractivity contribution in [3.8, 4) is 0 Å². The number of carboxylic acids is 1. The van der Waals surface area contributed by atoms with Crippen molar-refractivity contribution in [2.45, 2.75) is 19.9 Å². The van der Waals surface area contributed by atoms with E-state index in [1.165, 1.54) is 12.1 Å². The summed E-state index contributed by atoms with van der Waals surface area (Å²) >= 11 is 1.81. The summed E-state index contributed by atoms with van der Waals surface area (Å²) in [5.41, 5.74) is 0.111. The number of rotatable bonds is 4. The second kappa shape index (κ2) is 6.12. The summed E-state index contributed by atoms with van der Waals surface area (Å²) in [5, 5.41) is 11.3. The zero-order chi connectivity index (χ0) is 13.9. The number of amides is 1. The molecule has 0 aliphatic heterocycles. The van der Waals surface area contributed by atoms with Crippen LogP contribution in [0.15, 0.2) is 18.2 Å². The molecule has 6 heteroatoms. The first kappa shape index (κ1) is 14.9. The predicted octanol–water partition coefficient (Wildman–Crippen LogP) is 2.27. The van der Waals surface area contributed by atoms with Gasteiger partial charge < -0.3 is 10.4 Å². The minimum Gasteiger partial charge on any atom is -0.480 e. The van der Waals surface area contributed by atoms with Gasteiger partial charge >= 0.3 is 5.97 Å². The predicted molar refractivity (Wildman–Crippen MR) is 72.8 cm³/mol. The second-order valence-corrected chi connectivity index (χ2v) is 5.32. The van der Waals surface area contributed by atoms with Crippen LogP contribution in [0.2, 0.25) is 0 Å². The molecule has 1 atom stereocenters. The third kappa shape index (κ3) is 3.66. The lowest BCUT2D eigenvalue weighted by atomic mass is 10.0. The van der Waals surface area contributed by atoms with Gasteiger partial charge in [0.2, 0.25) is 0 Å². The molecule has 0 radical (unpaired) electrons. The first-order valence-corrected chi connectivity index (χ1v) is 6.39. The molecular formula is C12H13FINO3. The Balaban J connectivity index is 2.87. The number of carboxylic acid groups (broad SMARTS) is 1. The zero-order valence-corrected chi connectivity index (χ0v) is 12.1. The van der Waals surface area contributed by atoms with E-state index in [4.69, 9.17) is 5.11 Å². The molecule has 0 fully saturated rings. The monoisotopic (exact) mass is 365 g/mol. The van der Waals surface area contributed by atoms with E-state index in [2.05, 4.69) is 5.32 Å². The molecule has 18 heavy (non-hydrogen) atoms. The Morgan fingerprint density at radius 2 is 2.00 bits per heavy atom. The summed E-state index contributed by atoms with van der Waals surface area (Å²) in [6, 6.07) is 3.03. The van der Waals surface area contributed by atoms with Gasteiger partial charge in [-0.05, 0) is 46.7 Å². The fourth-order valence-electron chi connectivity index (χ4n) is 1.38. The van der Waals surface area contributed by atoms with Crippen LogP contribution in [0.3, 0.4) is 0 Å². The molecule has 0 saturated heterocycles. The summed E-state index contributed by atoms with van der Waals surface area (Å²) in [6.45, 7) is 3.38. The van der Waals surface area contributed by atoms with E-state index < -0.39 is 23.7 Å². The molecule has 0 bridgehead atoms. The highest BCUT2D eigenvalue weighted by molar-refractivity contribution is 14.1. The molecule has 0 unspecified atom stereocenters. The maximum atomic E-state index is 13.3. The minimum absolute atomic E-state index is 0.111. The van der Waals surface area contributed by atoms with Crippen molar-refractivity contribution in [1.82, 2.24) is 5.32 Å². The summed E-state index contributed by atoms with van der Waals surface area (Å²) in [7, 11) is 0. The van der Waals surface area contributed by atoms with Crippen molar-refractivity contribution >= 4 is 34.5 Å². The molecule has 1 aromatic carbocycles. The Kier molecular flexibility index (Phi) is 5.06. The highest BCUT2D eigenvalue weighted by atomic mass is 127. The number of aliphatic carboxylic acids is 1. The molecule has 0 heterocycles. The molecule has 1 aromatic rings. The molecule has 1 rings (SSSR count). The number of carbonyl (C=O) groups excluding carboxylic acids is 1. The second-order valence-electron chi connectivity index (χ2n) is 4.16. The SMILES string of the molecule is CC(C)[C@@H](NC(=O)c1ccc(I)c(F)c1)C(=O)O. The van der Waals surface area contributed by atoms with Crippen molar-refractivity contribution in [2.24, 2.45) is 5.92 Å². The average molecular weight is 365 g/mol. The van der Waals surface area contributed by atoms with Gasteiger partial charge in [-0.25, -0.2) is 9.18 Å². The van der Waals surface area contributed by atoms with Crippen LogP contribution in [-0.4, -0.2) is 23.0 Å². The van der Waals surface area contributed by atoms with Crippen LogP contribution in [-0.2, 0) is 4.79 Å². The van der Waals surface area contributed by atoms with Gasteiger partial charge in [0.25, 0.3) is 5.91 Å². The molecule has 1 amide bonds. The largest absolute Gasteiger partial charge is 0.480 e. The number of nitrogens with one attached hydrogen (secondary N) is 1. The van der Waals surface area contributed by atoms with E-state index in [-0.39, 0.29) is 11.5 Å². The molecule has 2 N–H and O–H groups in total. The van der Waals surface area contributed by atoms with E-state index in [0.717, 1.165) is 6.07 Å². The third-order valence-electron chi connectivity index (χ3n) is 2.40. The lowest BCUT2D eigenvalue weighted by Gasteiger charge is -2.17. The zero-order valence-electron chi connectivity index (χ0n) is 9.91. The summed E-state index contributed by atoms with van der Waals surface area (Å²) in [6.07, 6.45) is 0. The van der Waals surface area contributed by atoms with Crippen molar-refractivity contribution in [3.05, 3.63) is 33.1 Å². The van der Waals surface area contributed by atoms with E-state index in [0.29, 0.717) is 3.57 Å². The molecule has 0 spiro atoms. The Hall–Kier alpha value is -1.18. The molecular weight excluding hydrogens is 352 g/mol. The van der Waals surface area contributed by atoms with Gasteiger partial charge in [0, 0.05) is 9.13 Å². The van der Waals surface area contributed by atoms with Crippen LogP contribution >= 0.6 is 22.6 Å². The van der Waals surface area contributed by atoms with Crippen molar-refractivity contribution in [1.29, 1.82) is 0 Å². The summed E-state index contributed by atoms with van der Waals surface area (Å²) in [4.78, 5) is 22.7. The maximum absolute atomic E-state index is 13.3. The normalized spacial score (nSPS) is 12.3. The Labute approximate surface area is 118 Å². The van der Waals surface area contributed by atoms with E-state index in [1.54, 1.807) is 13.8 Å². The molecule has 0 saturated carbocycles. The fourth-order valence-corrected chi connectivity index (χ4v) is 1.71. The Bertz CT molecular complexity index is 476. The lowest BCUT2D eigenvalue weighted by Crippen LogP contribution is -2.44. The van der Waals surface area contributed by atoms with Gasteiger partial charge in [-0.3, -0.25) is 4.79 Å². The van der Waals surface area contributed by atoms with Gasteiger partial charge in [0.1, 0.15) is 11.9 Å². The van der Waals surface area contributed by atoms with Crippen LogP contribution in [0.1, 0.15) is 24.2 Å². The Morgan fingerprint density at radius 3 is 2.44 bits per heavy atom. The number of hydrogen-bond donors (Lipinski definition) is 2. The lowest BCUT2D eigenvalue weighted by molar-refractivity contribution is -0.140. The molecule has 98 valence electrons. The number of carbonyl (C=O) groups is 2.